The summed E-state index contributed by atoms with van der Waals surface area (Å²) in [6.07, 6.45) is 9.61. The summed E-state index contributed by atoms with van der Waals surface area (Å²) in [5, 5.41) is 7.54. The maximum Gasteiger partial charge on any atom is 0.226 e. The Kier molecular flexibility index (Phi) is 3.30. The Bertz CT molecular complexity index is 522. The molecule has 2 bridgehead atoms. The summed E-state index contributed by atoms with van der Waals surface area (Å²) in [6, 6.07) is 0.533. The number of aromatic amines is 1. The van der Waals surface area contributed by atoms with Gasteiger partial charge >= 0.3 is 0 Å². The van der Waals surface area contributed by atoms with Gasteiger partial charge in [-0.15, -0.1) is 5.10 Å². The van der Waals surface area contributed by atoms with Crippen LogP contribution in [0.1, 0.15) is 51.0 Å². The van der Waals surface area contributed by atoms with E-state index in [9.17, 15) is 0 Å². The van der Waals surface area contributed by atoms with Crippen molar-refractivity contribution in [3.8, 4) is 0 Å². The maximum absolute atomic E-state index is 5.93. The van der Waals surface area contributed by atoms with Crippen molar-refractivity contribution in [1.82, 2.24) is 14.8 Å². The van der Waals surface area contributed by atoms with Gasteiger partial charge in [-0.2, -0.15) is 0 Å². The topological polar surface area (TPSA) is 46.1 Å². The zero-order valence-electron chi connectivity index (χ0n) is 11.8. The van der Waals surface area contributed by atoms with Gasteiger partial charge in [0.15, 0.2) is 4.77 Å². The van der Waals surface area contributed by atoms with Gasteiger partial charge in [-0.05, 0) is 37.9 Å². The van der Waals surface area contributed by atoms with E-state index in [1.807, 2.05) is 0 Å². The highest BCUT2D eigenvalue weighted by Gasteiger charge is 2.36. The van der Waals surface area contributed by atoms with Crippen LogP contribution in [0.25, 0.3) is 0 Å². The highest BCUT2D eigenvalue weighted by Crippen LogP contribution is 2.34. The number of nitrogens with zero attached hydrogens (tertiary/aromatic N) is 3. The summed E-state index contributed by atoms with van der Waals surface area (Å²) in [5.41, 5.74) is 0. The van der Waals surface area contributed by atoms with Crippen LogP contribution in [-0.4, -0.2) is 40.1 Å². The average molecular weight is 294 g/mol. The lowest BCUT2D eigenvalue weighted by Crippen LogP contribution is -2.44. The average Bonchev–Trinajstić information content (AvgIpc) is 3.02. The van der Waals surface area contributed by atoms with Crippen LogP contribution in [0.4, 0.5) is 5.95 Å². The van der Waals surface area contributed by atoms with E-state index in [2.05, 4.69) is 19.7 Å². The molecule has 2 aliphatic heterocycles. The number of fused-ring (bicyclic) bond motifs is 2. The van der Waals surface area contributed by atoms with Gasteiger partial charge in [0.25, 0.3) is 0 Å². The Morgan fingerprint density at radius 2 is 1.75 bits per heavy atom. The van der Waals surface area contributed by atoms with Gasteiger partial charge in [-0.3, -0.25) is 4.57 Å². The molecule has 1 aliphatic carbocycles. The van der Waals surface area contributed by atoms with Crippen LogP contribution in [0.2, 0.25) is 0 Å². The molecule has 5 nitrogen and oxygen atoms in total. The van der Waals surface area contributed by atoms with Crippen LogP contribution >= 0.6 is 12.2 Å². The highest BCUT2D eigenvalue weighted by atomic mass is 32.1. The number of rotatable bonds is 2. The van der Waals surface area contributed by atoms with Crippen molar-refractivity contribution in [2.75, 3.05) is 18.0 Å². The van der Waals surface area contributed by atoms with Gasteiger partial charge in [0.2, 0.25) is 5.95 Å². The zero-order valence-corrected chi connectivity index (χ0v) is 12.6. The molecule has 0 radical (unpaired) electrons. The Morgan fingerprint density at radius 1 is 1.05 bits per heavy atom. The number of hydrogen-bond acceptors (Lipinski definition) is 4. The van der Waals surface area contributed by atoms with Gasteiger partial charge < -0.3 is 9.64 Å². The number of anilines is 1. The maximum atomic E-state index is 5.93. The van der Waals surface area contributed by atoms with Crippen LogP contribution in [0.3, 0.4) is 0 Å². The summed E-state index contributed by atoms with van der Waals surface area (Å²) in [5.74, 6) is 1.04. The molecule has 1 N–H and O–H groups in total. The molecule has 3 heterocycles. The lowest BCUT2D eigenvalue weighted by molar-refractivity contribution is 0.0295. The second-order valence-electron chi connectivity index (χ2n) is 6.35. The normalized spacial score (nSPS) is 30.9. The molecule has 3 aliphatic rings. The van der Waals surface area contributed by atoms with E-state index in [0.717, 1.165) is 23.8 Å². The van der Waals surface area contributed by atoms with Gasteiger partial charge in [-0.25, -0.2) is 5.10 Å². The quantitative estimate of drug-likeness (QED) is 0.852. The predicted octanol–water partition coefficient (Wildman–Crippen LogP) is 2.81. The van der Waals surface area contributed by atoms with Gasteiger partial charge in [0.05, 0.1) is 12.2 Å². The van der Waals surface area contributed by atoms with Crippen molar-refractivity contribution < 1.29 is 4.74 Å². The fraction of sp³-hybridized carbons (Fsp3) is 0.857. The summed E-state index contributed by atoms with van der Waals surface area (Å²) in [7, 11) is 0. The highest BCUT2D eigenvalue weighted by molar-refractivity contribution is 7.71. The Balaban J connectivity index is 1.63. The molecule has 1 aromatic rings. The Labute approximate surface area is 124 Å². The van der Waals surface area contributed by atoms with Crippen molar-refractivity contribution in [2.45, 2.75) is 63.2 Å². The van der Waals surface area contributed by atoms with Crippen molar-refractivity contribution >= 4 is 18.2 Å². The molecule has 2 unspecified atom stereocenters. The summed E-state index contributed by atoms with van der Waals surface area (Å²) in [4.78, 5) is 2.38. The van der Waals surface area contributed by atoms with Gasteiger partial charge in [0, 0.05) is 19.1 Å². The molecule has 0 amide bonds. The number of H-pyrrole nitrogens is 1. The molecule has 110 valence electrons. The van der Waals surface area contributed by atoms with Gasteiger partial charge in [0.1, 0.15) is 0 Å². The van der Waals surface area contributed by atoms with Crippen LogP contribution in [-0.2, 0) is 4.74 Å². The van der Waals surface area contributed by atoms with Gasteiger partial charge in [-0.1, -0.05) is 19.3 Å². The smallest absolute Gasteiger partial charge is 0.226 e. The van der Waals surface area contributed by atoms with E-state index >= 15 is 0 Å². The van der Waals surface area contributed by atoms with E-state index in [0.29, 0.717) is 18.2 Å². The number of aromatic nitrogens is 3. The third kappa shape index (κ3) is 2.19. The molecule has 3 fully saturated rings. The molecule has 2 atom stereocenters. The number of nitrogens with one attached hydrogen (secondary N) is 1. The Morgan fingerprint density at radius 3 is 2.45 bits per heavy atom. The molecular weight excluding hydrogens is 272 g/mol. The number of ether oxygens (including phenoxy) is 1. The van der Waals surface area contributed by atoms with E-state index in [-0.39, 0.29) is 0 Å². The first-order valence-electron chi connectivity index (χ1n) is 7.88. The summed E-state index contributed by atoms with van der Waals surface area (Å²) in [6.45, 7) is 1.92. The molecule has 0 aromatic carbocycles. The minimum Gasteiger partial charge on any atom is -0.371 e. The van der Waals surface area contributed by atoms with E-state index in [4.69, 9.17) is 17.0 Å². The summed E-state index contributed by atoms with van der Waals surface area (Å²) < 4.78 is 8.99. The zero-order chi connectivity index (χ0) is 13.5. The molecule has 1 saturated carbocycles. The lowest BCUT2D eigenvalue weighted by Gasteiger charge is -2.34. The first-order chi connectivity index (χ1) is 9.81. The number of hydrogen-bond donors (Lipinski definition) is 1. The largest absolute Gasteiger partial charge is 0.371 e. The third-order valence-corrected chi connectivity index (χ3v) is 5.24. The van der Waals surface area contributed by atoms with Crippen molar-refractivity contribution in [3.05, 3.63) is 4.77 Å². The van der Waals surface area contributed by atoms with Crippen molar-refractivity contribution in [2.24, 2.45) is 0 Å². The van der Waals surface area contributed by atoms with Crippen LogP contribution < -0.4 is 4.90 Å². The Hall–Kier alpha value is -0.880. The molecule has 0 spiro atoms. The fourth-order valence-corrected chi connectivity index (χ4v) is 4.24. The second kappa shape index (κ2) is 5.15. The molecule has 20 heavy (non-hydrogen) atoms. The number of morpholine rings is 1. The minimum atomic E-state index is 0.388. The summed E-state index contributed by atoms with van der Waals surface area (Å²) >= 11 is 5.48. The fourth-order valence-electron chi connectivity index (χ4n) is 3.97. The van der Waals surface area contributed by atoms with Crippen LogP contribution in [0, 0.1) is 4.77 Å². The predicted molar refractivity (Wildman–Crippen MR) is 79.6 cm³/mol. The SMILES string of the molecule is S=c1[nH]nc(N2CC3CCC(C2)O3)n1C1CCCCC1. The van der Waals surface area contributed by atoms with E-state index < -0.39 is 0 Å². The first kappa shape index (κ1) is 12.8. The molecule has 6 heteroatoms. The van der Waals surface area contributed by atoms with Crippen molar-refractivity contribution in [3.63, 3.8) is 0 Å². The standard InChI is InChI=1S/C14H22N4OS/c20-14-16-15-13(18(14)10-4-2-1-3-5-10)17-8-11-6-7-12(9-17)19-11/h10-12H,1-9H2,(H,16,20). The monoisotopic (exact) mass is 294 g/mol. The molecule has 2 saturated heterocycles. The molecule has 4 rings (SSSR count). The minimum absolute atomic E-state index is 0.388. The van der Waals surface area contributed by atoms with E-state index in [1.165, 1.54) is 44.9 Å². The van der Waals surface area contributed by atoms with E-state index in [1.54, 1.807) is 0 Å². The van der Waals surface area contributed by atoms with Crippen LogP contribution in [0.5, 0.6) is 0 Å². The second-order valence-corrected chi connectivity index (χ2v) is 6.74. The van der Waals surface area contributed by atoms with Crippen LogP contribution in [0.15, 0.2) is 0 Å². The molecular formula is C14H22N4OS. The lowest BCUT2D eigenvalue weighted by atomic mass is 9.95. The first-order valence-corrected chi connectivity index (χ1v) is 8.29. The third-order valence-electron chi connectivity index (χ3n) is 4.95. The molecule has 1 aromatic heterocycles. The van der Waals surface area contributed by atoms with Crippen molar-refractivity contribution in [1.29, 1.82) is 0 Å².